The summed E-state index contributed by atoms with van der Waals surface area (Å²) in [6, 6.07) is 15.9. The Morgan fingerprint density at radius 1 is 1.11 bits per heavy atom. The third-order valence-electron chi connectivity index (χ3n) is 3.75. The fourth-order valence-corrected chi connectivity index (χ4v) is 2.25. The molecule has 2 aromatic carbocycles. The normalized spacial score (nSPS) is 10.6. The van der Waals surface area contributed by atoms with Crippen LogP contribution in [0.25, 0.3) is 11.8 Å². The lowest BCUT2D eigenvalue weighted by atomic mass is 10.1. The van der Waals surface area contributed by atoms with Gasteiger partial charge in [-0.2, -0.15) is 10.4 Å². The van der Waals surface area contributed by atoms with Crippen LogP contribution in [-0.2, 0) is 0 Å². The van der Waals surface area contributed by atoms with Gasteiger partial charge in [0.25, 0.3) is 0 Å². The highest BCUT2D eigenvalue weighted by molar-refractivity contribution is 5.80. The Balaban J connectivity index is 1.98. The monoisotopic (exact) mass is 357 g/mol. The highest BCUT2D eigenvalue weighted by atomic mass is 15.3. The van der Waals surface area contributed by atoms with Gasteiger partial charge < -0.3 is 4.90 Å². The van der Waals surface area contributed by atoms with E-state index in [2.05, 4.69) is 29.0 Å². The van der Waals surface area contributed by atoms with Crippen LogP contribution in [0.2, 0.25) is 0 Å². The summed E-state index contributed by atoms with van der Waals surface area (Å²) in [6.45, 7) is 7.76. The van der Waals surface area contributed by atoms with Gasteiger partial charge in [-0.15, -0.1) is 0 Å². The number of hydrogen-bond donors (Lipinski definition) is 2. The number of hydrogen-bond acceptors (Lipinski definition) is 5. The Kier molecular flexibility index (Phi) is 6.98. The van der Waals surface area contributed by atoms with Gasteiger partial charge >= 0.3 is 0 Å². The fourth-order valence-electron chi connectivity index (χ4n) is 2.25. The molecule has 0 saturated heterocycles. The molecule has 0 aromatic heterocycles. The van der Waals surface area contributed by atoms with Gasteiger partial charge in [-0.1, -0.05) is 49.6 Å². The van der Waals surface area contributed by atoms with Crippen LogP contribution < -0.4 is 15.6 Å². The lowest BCUT2D eigenvalue weighted by molar-refractivity contribution is 1.00. The first-order chi connectivity index (χ1) is 13.0. The lowest BCUT2D eigenvalue weighted by Gasteiger charge is -2.11. The molecule has 0 bridgehead atoms. The number of rotatable bonds is 8. The van der Waals surface area contributed by atoms with Crippen LogP contribution in [0.5, 0.6) is 0 Å². The Hall–Kier alpha value is -3.78. The third kappa shape index (κ3) is 6.22. The quantitative estimate of drug-likeness (QED) is 0.247. The highest BCUT2D eigenvalue weighted by Gasteiger charge is 1.99. The molecule has 0 aliphatic carbocycles. The molecular weight excluding hydrogens is 334 g/mol. The Labute approximate surface area is 160 Å². The summed E-state index contributed by atoms with van der Waals surface area (Å²) in [5, 5.41) is 15.3. The van der Waals surface area contributed by atoms with Crippen molar-refractivity contribution in [1.29, 1.82) is 5.26 Å². The molecule has 0 fully saturated rings. The first-order valence-electron chi connectivity index (χ1n) is 8.37. The average molecular weight is 357 g/mol. The Morgan fingerprint density at radius 2 is 1.85 bits per heavy atom. The maximum atomic E-state index is 8.56. The molecule has 2 rings (SSSR count). The number of allylic oxidation sites excluding steroid dienone is 1. The van der Waals surface area contributed by atoms with Crippen molar-refractivity contribution in [2.45, 2.75) is 0 Å². The molecule has 0 radical (unpaired) electrons. The third-order valence-corrected chi connectivity index (χ3v) is 3.75. The molecule has 136 valence electrons. The lowest BCUT2D eigenvalue weighted by Crippen LogP contribution is -2.08. The molecule has 0 aliphatic rings. The zero-order chi connectivity index (χ0) is 19.6. The second-order valence-electron chi connectivity index (χ2n) is 6.06. The number of nitrogens with zero attached hydrogens (tertiary/aromatic N) is 3. The molecular formula is C22H23N5. The van der Waals surface area contributed by atoms with Gasteiger partial charge in [-0.25, -0.2) is 0 Å². The van der Waals surface area contributed by atoms with E-state index in [1.165, 1.54) is 0 Å². The largest absolute Gasteiger partial charge is 0.378 e. The second-order valence-corrected chi connectivity index (χ2v) is 6.06. The highest BCUT2D eigenvalue weighted by Crippen LogP contribution is 2.14. The van der Waals surface area contributed by atoms with Gasteiger partial charge in [-0.05, 0) is 41.0 Å². The van der Waals surface area contributed by atoms with Crippen molar-refractivity contribution in [3.8, 4) is 6.19 Å². The molecule has 5 nitrogen and oxygen atoms in total. The van der Waals surface area contributed by atoms with Crippen molar-refractivity contribution in [3.05, 3.63) is 90.2 Å². The van der Waals surface area contributed by atoms with Crippen molar-refractivity contribution < 1.29 is 0 Å². The molecule has 0 unspecified atom stereocenters. The molecule has 2 N–H and O–H groups in total. The van der Waals surface area contributed by atoms with Gasteiger partial charge in [0.15, 0.2) is 6.19 Å². The van der Waals surface area contributed by atoms with Gasteiger partial charge in [0.2, 0.25) is 0 Å². The van der Waals surface area contributed by atoms with E-state index in [0.717, 1.165) is 22.4 Å². The molecule has 2 aromatic rings. The van der Waals surface area contributed by atoms with E-state index in [-0.39, 0.29) is 0 Å². The van der Waals surface area contributed by atoms with Crippen LogP contribution in [0.15, 0.2) is 78.6 Å². The van der Waals surface area contributed by atoms with Crippen molar-refractivity contribution in [1.82, 2.24) is 10.7 Å². The van der Waals surface area contributed by atoms with Gasteiger partial charge in [0.1, 0.15) is 0 Å². The first-order valence-corrected chi connectivity index (χ1v) is 8.37. The maximum absolute atomic E-state index is 8.56. The standard InChI is InChI=1S/C22H23N5/c1-17(24-16-23)8-9-19-6-5-7-21(14-19)18(2)26-25-15-20-10-12-22(13-11-20)27(3)4/h5-15,24,26H,1-2H2,3-4H3/b9-8+,25-15+. The topological polar surface area (TPSA) is 63.5 Å². The number of benzene rings is 2. The van der Waals surface area contributed by atoms with Crippen molar-refractivity contribution in [2.75, 3.05) is 19.0 Å². The van der Waals surface area contributed by atoms with E-state index in [1.54, 1.807) is 12.3 Å². The molecule has 0 aliphatic heterocycles. The van der Waals surface area contributed by atoms with E-state index in [4.69, 9.17) is 5.26 Å². The van der Waals surface area contributed by atoms with E-state index in [9.17, 15) is 0 Å². The van der Waals surface area contributed by atoms with Crippen molar-refractivity contribution in [3.63, 3.8) is 0 Å². The summed E-state index contributed by atoms with van der Waals surface area (Å²) in [5.74, 6) is 0. The molecule has 0 spiro atoms. The summed E-state index contributed by atoms with van der Waals surface area (Å²) in [6.07, 6.45) is 7.21. The van der Waals surface area contributed by atoms with Crippen molar-refractivity contribution in [2.24, 2.45) is 5.10 Å². The van der Waals surface area contributed by atoms with Crippen LogP contribution in [0, 0.1) is 11.5 Å². The summed E-state index contributed by atoms with van der Waals surface area (Å²) >= 11 is 0. The average Bonchev–Trinajstić information content (AvgIpc) is 2.67. The maximum Gasteiger partial charge on any atom is 0.181 e. The van der Waals surface area contributed by atoms with E-state index in [1.807, 2.05) is 79.8 Å². The summed E-state index contributed by atoms with van der Waals surface area (Å²) in [4.78, 5) is 2.05. The van der Waals surface area contributed by atoms with Gasteiger partial charge in [-0.3, -0.25) is 10.7 Å². The van der Waals surface area contributed by atoms with Crippen LogP contribution in [0.1, 0.15) is 16.7 Å². The van der Waals surface area contributed by atoms with Crippen LogP contribution in [0.4, 0.5) is 5.69 Å². The molecule has 0 atom stereocenters. The van der Waals surface area contributed by atoms with Crippen molar-refractivity contribution >= 4 is 23.7 Å². The zero-order valence-electron chi connectivity index (χ0n) is 15.6. The smallest absolute Gasteiger partial charge is 0.181 e. The summed E-state index contributed by atoms with van der Waals surface area (Å²) in [7, 11) is 4.02. The molecule has 0 amide bonds. The molecule has 5 heteroatoms. The number of hydrazone groups is 1. The Bertz CT molecular complexity index is 899. The second kappa shape index (κ2) is 9.64. The van der Waals surface area contributed by atoms with Gasteiger partial charge in [0.05, 0.1) is 11.9 Å². The van der Waals surface area contributed by atoms with Crippen LogP contribution >= 0.6 is 0 Å². The minimum atomic E-state index is 0.532. The summed E-state index contributed by atoms with van der Waals surface area (Å²) in [5.41, 5.74) is 8.23. The fraction of sp³-hybridized carbons (Fsp3) is 0.0909. The van der Waals surface area contributed by atoms with E-state index < -0.39 is 0 Å². The van der Waals surface area contributed by atoms with Crippen LogP contribution in [0.3, 0.4) is 0 Å². The summed E-state index contributed by atoms with van der Waals surface area (Å²) < 4.78 is 0. The minimum Gasteiger partial charge on any atom is -0.378 e. The molecule has 0 saturated carbocycles. The SMILES string of the molecule is C=C(/C=C/c1cccc(C(=C)N/N=C/c2ccc(N(C)C)cc2)c1)NC#N. The van der Waals surface area contributed by atoms with Crippen LogP contribution in [-0.4, -0.2) is 20.3 Å². The number of anilines is 1. The predicted octanol–water partition coefficient (Wildman–Crippen LogP) is 3.94. The predicted molar refractivity (Wildman–Crippen MR) is 114 cm³/mol. The number of nitriles is 1. The van der Waals surface area contributed by atoms with Gasteiger partial charge in [0, 0.05) is 25.5 Å². The van der Waals surface area contributed by atoms with E-state index >= 15 is 0 Å². The molecule has 27 heavy (non-hydrogen) atoms. The molecule has 0 heterocycles. The zero-order valence-corrected chi connectivity index (χ0v) is 15.6. The van der Waals surface area contributed by atoms with E-state index in [0.29, 0.717) is 11.4 Å². The number of nitrogens with one attached hydrogen (secondary N) is 2. The Morgan fingerprint density at radius 3 is 2.52 bits per heavy atom. The first kappa shape index (κ1) is 19.5. The minimum absolute atomic E-state index is 0.532.